The van der Waals surface area contributed by atoms with Gasteiger partial charge in [-0.05, 0) is 82.5 Å². The maximum Gasteiger partial charge on any atom is 0.220 e. The lowest BCUT2D eigenvalue weighted by molar-refractivity contribution is -0.479. The standard InChI is InChI=1S/C25H21BrClFN4O4S/c1-15-29-30-25(32(15)20-8-6-18(27)7-9-20)37-23(13-31(33)34)17-11-21(26)24(22(12-17)35-2)36-14-16-4-3-5-19(28)10-16/h3-12,23H,13-14H2,1-2H3/t23-/m1/s1. The fourth-order valence-corrected chi connectivity index (χ4v) is 5.48. The minimum atomic E-state index is -0.618. The number of aromatic nitrogens is 3. The second-order valence-corrected chi connectivity index (χ2v) is 10.4. The Morgan fingerprint density at radius 1 is 1.19 bits per heavy atom. The lowest BCUT2D eigenvalue weighted by atomic mass is 10.1. The van der Waals surface area contributed by atoms with E-state index in [1.54, 1.807) is 43.3 Å². The molecule has 4 rings (SSSR count). The molecule has 0 amide bonds. The predicted molar refractivity (Wildman–Crippen MR) is 143 cm³/mol. The van der Waals surface area contributed by atoms with Crippen LogP contribution in [-0.4, -0.2) is 33.3 Å². The third-order valence-corrected chi connectivity index (χ3v) is 7.36. The maximum atomic E-state index is 13.5. The van der Waals surface area contributed by atoms with Crippen molar-refractivity contribution < 1.29 is 18.8 Å². The zero-order valence-corrected chi connectivity index (χ0v) is 22.9. The van der Waals surface area contributed by atoms with Crippen LogP contribution in [0.4, 0.5) is 4.39 Å². The second kappa shape index (κ2) is 11.9. The van der Waals surface area contributed by atoms with Crippen molar-refractivity contribution in [3.05, 3.63) is 103 Å². The summed E-state index contributed by atoms with van der Waals surface area (Å²) in [4.78, 5) is 11.2. The van der Waals surface area contributed by atoms with E-state index in [1.807, 2.05) is 16.7 Å². The fraction of sp³-hybridized carbons (Fsp3) is 0.200. The Balaban J connectivity index is 1.65. The highest BCUT2D eigenvalue weighted by molar-refractivity contribution is 9.10. The van der Waals surface area contributed by atoms with Gasteiger partial charge in [0, 0.05) is 15.6 Å². The van der Waals surface area contributed by atoms with Crippen LogP contribution in [0.2, 0.25) is 5.02 Å². The Morgan fingerprint density at radius 2 is 1.95 bits per heavy atom. The van der Waals surface area contributed by atoms with Crippen molar-refractivity contribution in [3.63, 3.8) is 0 Å². The van der Waals surface area contributed by atoms with Crippen molar-refractivity contribution in [1.82, 2.24) is 14.8 Å². The second-order valence-electron chi connectivity index (χ2n) is 7.92. The van der Waals surface area contributed by atoms with Crippen molar-refractivity contribution in [2.75, 3.05) is 13.7 Å². The van der Waals surface area contributed by atoms with Crippen LogP contribution in [0.15, 0.2) is 70.3 Å². The number of halogens is 3. The molecule has 0 fully saturated rings. The number of ether oxygens (including phenoxy) is 2. The average Bonchev–Trinajstić information content (AvgIpc) is 3.22. The highest BCUT2D eigenvalue weighted by atomic mass is 79.9. The molecule has 37 heavy (non-hydrogen) atoms. The van der Waals surface area contributed by atoms with Crippen molar-refractivity contribution >= 4 is 39.3 Å². The molecule has 1 heterocycles. The van der Waals surface area contributed by atoms with Crippen LogP contribution in [0, 0.1) is 22.9 Å². The SMILES string of the molecule is COc1cc([C@@H](C[N+](=O)[O-])Sc2nnc(C)n2-c2ccc(Cl)cc2)cc(Br)c1OCc1cccc(F)c1. The molecule has 1 aromatic heterocycles. The summed E-state index contributed by atoms with van der Waals surface area (Å²) in [6.45, 7) is 1.55. The summed E-state index contributed by atoms with van der Waals surface area (Å²) in [7, 11) is 1.48. The smallest absolute Gasteiger partial charge is 0.220 e. The molecule has 3 aromatic carbocycles. The fourth-order valence-electron chi connectivity index (χ4n) is 3.63. The Bertz CT molecular complexity index is 1420. The molecule has 192 valence electrons. The van der Waals surface area contributed by atoms with Gasteiger partial charge in [0.1, 0.15) is 23.5 Å². The van der Waals surface area contributed by atoms with E-state index in [0.29, 0.717) is 43.1 Å². The van der Waals surface area contributed by atoms with E-state index in [9.17, 15) is 14.5 Å². The van der Waals surface area contributed by atoms with Crippen LogP contribution >= 0.6 is 39.3 Å². The molecular weight excluding hydrogens is 587 g/mol. The Labute approximate surface area is 230 Å². The number of benzene rings is 3. The third-order valence-electron chi connectivity index (χ3n) is 5.34. The molecule has 0 radical (unpaired) electrons. The molecule has 1 atom stereocenters. The molecule has 4 aromatic rings. The van der Waals surface area contributed by atoms with Crippen LogP contribution in [0.25, 0.3) is 5.69 Å². The first-order valence-corrected chi connectivity index (χ1v) is 13.0. The molecule has 0 aliphatic rings. The normalized spacial score (nSPS) is 11.8. The summed E-state index contributed by atoms with van der Waals surface area (Å²) in [5, 5.41) is 20.5. The molecular formula is C25H21BrClFN4O4S. The number of nitro groups is 1. The van der Waals surface area contributed by atoms with Gasteiger partial charge in [0.25, 0.3) is 0 Å². The molecule has 8 nitrogen and oxygen atoms in total. The van der Waals surface area contributed by atoms with E-state index in [4.69, 9.17) is 21.1 Å². The quantitative estimate of drug-likeness (QED) is 0.111. The lowest BCUT2D eigenvalue weighted by Gasteiger charge is -2.18. The van der Waals surface area contributed by atoms with E-state index < -0.39 is 5.25 Å². The van der Waals surface area contributed by atoms with Crippen LogP contribution in [0.5, 0.6) is 11.5 Å². The molecule has 0 bridgehead atoms. The first-order valence-electron chi connectivity index (χ1n) is 11.0. The molecule has 12 heteroatoms. The monoisotopic (exact) mass is 606 g/mol. The van der Waals surface area contributed by atoms with Crippen molar-refractivity contribution in [2.45, 2.75) is 23.9 Å². The number of rotatable bonds is 10. The van der Waals surface area contributed by atoms with Gasteiger partial charge in [-0.2, -0.15) is 0 Å². The van der Waals surface area contributed by atoms with E-state index in [0.717, 1.165) is 5.69 Å². The molecule has 0 aliphatic carbocycles. The Hall–Kier alpha value is -3.15. The molecule has 0 saturated carbocycles. The summed E-state index contributed by atoms with van der Waals surface area (Å²) in [5.74, 6) is 1.05. The summed E-state index contributed by atoms with van der Waals surface area (Å²) in [6.07, 6.45) is 0. The summed E-state index contributed by atoms with van der Waals surface area (Å²) in [6, 6.07) is 16.7. The summed E-state index contributed by atoms with van der Waals surface area (Å²) >= 11 is 10.8. The molecule has 0 unspecified atom stereocenters. The van der Waals surface area contributed by atoms with Gasteiger partial charge in [-0.25, -0.2) is 4.39 Å². The Kier molecular flexibility index (Phi) is 8.67. The van der Waals surface area contributed by atoms with Gasteiger partial charge in [0.05, 0.1) is 11.6 Å². The zero-order valence-electron chi connectivity index (χ0n) is 19.7. The van der Waals surface area contributed by atoms with Gasteiger partial charge in [-0.3, -0.25) is 14.7 Å². The molecule has 0 aliphatic heterocycles. The van der Waals surface area contributed by atoms with Gasteiger partial charge >= 0.3 is 0 Å². The van der Waals surface area contributed by atoms with Crippen LogP contribution < -0.4 is 9.47 Å². The highest BCUT2D eigenvalue weighted by Crippen LogP contribution is 2.43. The first kappa shape index (κ1) is 26.9. The van der Waals surface area contributed by atoms with Crippen molar-refractivity contribution in [3.8, 4) is 17.2 Å². The number of thioether (sulfide) groups is 1. The van der Waals surface area contributed by atoms with Crippen molar-refractivity contribution in [1.29, 1.82) is 0 Å². The van der Waals surface area contributed by atoms with E-state index in [-0.39, 0.29) is 23.9 Å². The highest BCUT2D eigenvalue weighted by Gasteiger charge is 2.26. The minimum Gasteiger partial charge on any atom is -0.493 e. The number of aryl methyl sites for hydroxylation is 1. The first-order chi connectivity index (χ1) is 17.7. The summed E-state index contributed by atoms with van der Waals surface area (Å²) < 4.78 is 27.3. The van der Waals surface area contributed by atoms with E-state index in [1.165, 1.54) is 31.0 Å². The van der Waals surface area contributed by atoms with E-state index in [2.05, 4.69) is 26.1 Å². The topological polar surface area (TPSA) is 92.3 Å². The van der Waals surface area contributed by atoms with Gasteiger partial charge in [-0.15, -0.1) is 10.2 Å². The van der Waals surface area contributed by atoms with Gasteiger partial charge in [0.2, 0.25) is 6.54 Å². The number of nitrogens with zero attached hydrogens (tertiary/aromatic N) is 4. The zero-order chi connectivity index (χ0) is 26.5. The number of methoxy groups -OCH3 is 1. The van der Waals surface area contributed by atoms with Crippen LogP contribution in [0.1, 0.15) is 22.2 Å². The van der Waals surface area contributed by atoms with Gasteiger partial charge in [-0.1, -0.05) is 35.5 Å². The predicted octanol–water partition coefficient (Wildman–Crippen LogP) is 6.83. The Morgan fingerprint density at radius 3 is 2.62 bits per heavy atom. The van der Waals surface area contributed by atoms with Crippen LogP contribution in [-0.2, 0) is 6.61 Å². The number of hydrogen-bond acceptors (Lipinski definition) is 7. The molecule has 0 N–H and O–H groups in total. The lowest BCUT2D eigenvalue weighted by Crippen LogP contribution is -2.12. The third kappa shape index (κ3) is 6.60. The van der Waals surface area contributed by atoms with E-state index >= 15 is 0 Å². The van der Waals surface area contributed by atoms with Gasteiger partial charge < -0.3 is 9.47 Å². The minimum absolute atomic E-state index is 0.114. The van der Waals surface area contributed by atoms with Gasteiger partial charge in [0.15, 0.2) is 16.7 Å². The molecule has 0 spiro atoms. The summed E-state index contributed by atoms with van der Waals surface area (Å²) in [5.41, 5.74) is 2.07. The number of hydrogen-bond donors (Lipinski definition) is 0. The van der Waals surface area contributed by atoms with Crippen molar-refractivity contribution in [2.24, 2.45) is 0 Å². The maximum absolute atomic E-state index is 13.5. The van der Waals surface area contributed by atoms with Crippen LogP contribution in [0.3, 0.4) is 0 Å². The average molecular weight is 608 g/mol. The largest absolute Gasteiger partial charge is 0.493 e. The molecule has 0 saturated heterocycles.